The number of hydrogen-bond donors (Lipinski definition) is 3. The van der Waals surface area contributed by atoms with Gasteiger partial charge in [-0.2, -0.15) is 0 Å². The van der Waals surface area contributed by atoms with Gasteiger partial charge in [-0.15, -0.1) is 11.3 Å². The molecule has 3 N–H and O–H groups in total. The van der Waals surface area contributed by atoms with E-state index in [0.29, 0.717) is 30.1 Å². The molecule has 0 fully saturated rings. The highest BCUT2D eigenvalue weighted by Crippen LogP contribution is 2.20. The minimum Gasteiger partial charge on any atom is -0.337 e. The predicted octanol–water partition coefficient (Wildman–Crippen LogP) is 5.19. The number of rotatable bonds is 7. The highest BCUT2D eigenvalue weighted by molar-refractivity contribution is 7.09. The Morgan fingerprint density at radius 1 is 1.07 bits per heavy atom. The summed E-state index contributed by atoms with van der Waals surface area (Å²) in [5.41, 5.74) is 3.66. The van der Waals surface area contributed by atoms with Gasteiger partial charge in [0.05, 0.1) is 10.7 Å². The minimum absolute atomic E-state index is 0.228. The molecule has 3 amide bonds. The SMILES string of the molecule is Cc1ccc(C(=O)Nc2ccccc2)cc1NC(=O)NCCc1csc(C(C)C)n1. The second-order valence-corrected chi connectivity index (χ2v) is 8.20. The van der Waals surface area contributed by atoms with Crippen molar-refractivity contribution >= 4 is 34.6 Å². The quantitative estimate of drug-likeness (QED) is 0.490. The number of anilines is 2. The Labute approximate surface area is 180 Å². The van der Waals surface area contributed by atoms with Gasteiger partial charge in [-0.3, -0.25) is 4.79 Å². The summed E-state index contributed by atoms with van der Waals surface area (Å²) in [4.78, 5) is 29.4. The number of nitrogens with zero attached hydrogens (tertiary/aromatic N) is 1. The van der Waals surface area contributed by atoms with Crippen LogP contribution in [0, 0.1) is 6.92 Å². The molecule has 0 aliphatic heterocycles. The average Bonchev–Trinajstić information content (AvgIpc) is 3.19. The molecule has 0 bridgehead atoms. The lowest BCUT2D eigenvalue weighted by Crippen LogP contribution is -2.30. The molecule has 7 heteroatoms. The first kappa shape index (κ1) is 21.5. The van der Waals surface area contributed by atoms with Gasteiger partial charge < -0.3 is 16.0 Å². The van der Waals surface area contributed by atoms with Crippen LogP contribution in [0.1, 0.15) is 46.4 Å². The van der Waals surface area contributed by atoms with E-state index in [4.69, 9.17) is 0 Å². The van der Waals surface area contributed by atoms with Gasteiger partial charge in [-0.05, 0) is 36.8 Å². The van der Waals surface area contributed by atoms with Crippen LogP contribution in [-0.2, 0) is 6.42 Å². The Morgan fingerprint density at radius 2 is 1.83 bits per heavy atom. The third kappa shape index (κ3) is 5.90. The van der Waals surface area contributed by atoms with E-state index in [9.17, 15) is 9.59 Å². The summed E-state index contributed by atoms with van der Waals surface area (Å²) in [5.74, 6) is 0.184. The van der Waals surface area contributed by atoms with E-state index in [1.165, 1.54) is 0 Å². The first-order valence-electron chi connectivity index (χ1n) is 9.88. The van der Waals surface area contributed by atoms with Crippen molar-refractivity contribution in [3.8, 4) is 0 Å². The van der Waals surface area contributed by atoms with Crippen LogP contribution in [0.2, 0.25) is 0 Å². The maximum atomic E-state index is 12.5. The Kier molecular flexibility index (Phi) is 7.19. The zero-order valence-corrected chi connectivity index (χ0v) is 18.2. The lowest BCUT2D eigenvalue weighted by Gasteiger charge is -2.12. The lowest BCUT2D eigenvalue weighted by atomic mass is 10.1. The monoisotopic (exact) mass is 422 g/mol. The van der Waals surface area contributed by atoms with E-state index < -0.39 is 0 Å². The molecule has 0 atom stereocenters. The molecule has 0 saturated carbocycles. The normalized spacial score (nSPS) is 10.7. The molecule has 156 valence electrons. The molecule has 0 spiro atoms. The third-order valence-electron chi connectivity index (χ3n) is 4.51. The molecule has 6 nitrogen and oxygen atoms in total. The zero-order chi connectivity index (χ0) is 21.5. The molecular formula is C23H26N4O2S. The van der Waals surface area contributed by atoms with Crippen LogP contribution in [0.4, 0.5) is 16.2 Å². The second-order valence-electron chi connectivity index (χ2n) is 7.31. The summed E-state index contributed by atoms with van der Waals surface area (Å²) in [5, 5.41) is 11.7. The van der Waals surface area contributed by atoms with E-state index >= 15 is 0 Å². The average molecular weight is 423 g/mol. The molecule has 1 heterocycles. The number of nitrogens with one attached hydrogen (secondary N) is 3. The Morgan fingerprint density at radius 3 is 2.53 bits per heavy atom. The lowest BCUT2D eigenvalue weighted by molar-refractivity contribution is 0.102. The molecule has 0 aliphatic carbocycles. The third-order valence-corrected chi connectivity index (χ3v) is 5.70. The number of benzene rings is 2. The van der Waals surface area contributed by atoms with Crippen molar-refractivity contribution in [1.29, 1.82) is 0 Å². The summed E-state index contributed by atoms with van der Waals surface area (Å²) in [6.45, 7) is 6.60. The highest BCUT2D eigenvalue weighted by Gasteiger charge is 2.11. The highest BCUT2D eigenvalue weighted by atomic mass is 32.1. The van der Waals surface area contributed by atoms with Crippen LogP contribution >= 0.6 is 11.3 Å². The first-order valence-corrected chi connectivity index (χ1v) is 10.8. The van der Waals surface area contributed by atoms with Crippen LogP contribution in [0.5, 0.6) is 0 Å². The van der Waals surface area contributed by atoms with E-state index in [2.05, 4.69) is 34.8 Å². The Hall–Kier alpha value is -3.19. The number of hydrogen-bond acceptors (Lipinski definition) is 4. The van der Waals surface area contributed by atoms with Gasteiger partial charge in [-0.1, -0.05) is 38.1 Å². The van der Waals surface area contributed by atoms with Gasteiger partial charge in [0.2, 0.25) is 0 Å². The molecule has 0 saturated heterocycles. The van der Waals surface area contributed by atoms with Crippen molar-refractivity contribution < 1.29 is 9.59 Å². The number of urea groups is 1. The molecule has 1 aromatic heterocycles. The van der Waals surface area contributed by atoms with Crippen molar-refractivity contribution in [2.45, 2.75) is 33.1 Å². The molecular weight excluding hydrogens is 396 g/mol. The molecule has 2 aromatic carbocycles. The summed E-state index contributed by atoms with van der Waals surface area (Å²) in [6, 6.07) is 14.2. The van der Waals surface area contributed by atoms with E-state index in [0.717, 1.165) is 22.0 Å². The number of para-hydroxylation sites is 1. The van der Waals surface area contributed by atoms with Gasteiger partial charge in [-0.25, -0.2) is 9.78 Å². The number of amides is 3. The predicted molar refractivity (Wildman–Crippen MR) is 123 cm³/mol. The van der Waals surface area contributed by atoms with Crippen molar-refractivity contribution in [2.75, 3.05) is 17.2 Å². The van der Waals surface area contributed by atoms with Crippen LogP contribution < -0.4 is 16.0 Å². The maximum absolute atomic E-state index is 12.5. The Bertz CT molecular complexity index is 1020. The zero-order valence-electron chi connectivity index (χ0n) is 17.4. The topological polar surface area (TPSA) is 83.1 Å². The van der Waals surface area contributed by atoms with Gasteiger partial charge in [0.1, 0.15) is 0 Å². The van der Waals surface area contributed by atoms with Crippen LogP contribution in [-0.4, -0.2) is 23.5 Å². The maximum Gasteiger partial charge on any atom is 0.319 e. The van der Waals surface area contributed by atoms with Gasteiger partial charge in [0.25, 0.3) is 5.91 Å². The number of carbonyl (C=O) groups excluding carboxylic acids is 2. The number of thiazole rings is 1. The van der Waals surface area contributed by atoms with Crippen molar-refractivity contribution in [3.63, 3.8) is 0 Å². The van der Waals surface area contributed by atoms with Gasteiger partial charge in [0, 0.05) is 41.2 Å². The van der Waals surface area contributed by atoms with E-state index in [1.54, 1.807) is 23.5 Å². The van der Waals surface area contributed by atoms with Crippen LogP contribution in [0.3, 0.4) is 0 Å². The van der Waals surface area contributed by atoms with Crippen LogP contribution in [0.25, 0.3) is 0 Å². The second kappa shape index (κ2) is 10.0. The molecule has 0 unspecified atom stereocenters. The fourth-order valence-corrected chi connectivity index (χ4v) is 3.67. The fourth-order valence-electron chi connectivity index (χ4n) is 2.80. The van der Waals surface area contributed by atoms with Crippen molar-refractivity contribution in [1.82, 2.24) is 10.3 Å². The molecule has 30 heavy (non-hydrogen) atoms. The number of aryl methyl sites for hydroxylation is 1. The molecule has 3 rings (SSSR count). The van der Waals surface area contributed by atoms with Gasteiger partial charge in [0.15, 0.2) is 0 Å². The number of carbonyl (C=O) groups is 2. The summed E-state index contributed by atoms with van der Waals surface area (Å²) < 4.78 is 0. The number of aromatic nitrogens is 1. The van der Waals surface area contributed by atoms with E-state index in [1.807, 2.05) is 48.7 Å². The van der Waals surface area contributed by atoms with Crippen molar-refractivity contribution in [3.05, 3.63) is 75.7 Å². The summed E-state index contributed by atoms with van der Waals surface area (Å²) in [6.07, 6.45) is 0.676. The Balaban J connectivity index is 1.55. The summed E-state index contributed by atoms with van der Waals surface area (Å²) >= 11 is 1.65. The minimum atomic E-state index is -0.307. The molecule has 0 aliphatic rings. The summed E-state index contributed by atoms with van der Waals surface area (Å²) in [7, 11) is 0. The van der Waals surface area contributed by atoms with Gasteiger partial charge >= 0.3 is 6.03 Å². The van der Waals surface area contributed by atoms with Crippen molar-refractivity contribution in [2.24, 2.45) is 0 Å². The smallest absolute Gasteiger partial charge is 0.319 e. The van der Waals surface area contributed by atoms with E-state index in [-0.39, 0.29) is 11.9 Å². The fraction of sp³-hybridized carbons (Fsp3) is 0.261. The first-order chi connectivity index (χ1) is 14.4. The molecule has 0 radical (unpaired) electrons. The standard InChI is InChI=1S/C23H26N4O2S/c1-15(2)22-26-19(14-30-22)11-12-24-23(29)27-20-13-17(10-9-16(20)3)21(28)25-18-7-5-4-6-8-18/h4-10,13-15H,11-12H2,1-3H3,(H,25,28)(H2,24,27,29). The molecule has 3 aromatic rings. The van der Waals surface area contributed by atoms with Crippen LogP contribution in [0.15, 0.2) is 53.9 Å². The largest absolute Gasteiger partial charge is 0.337 e.